The predicted octanol–water partition coefficient (Wildman–Crippen LogP) is 3.27. The van der Waals surface area contributed by atoms with Crippen LogP contribution < -0.4 is 0 Å². The number of aromatic carboxylic acids is 1. The average Bonchev–Trinajstić information content (AvgIpc) is 2.38. The summed E-state index contributed by atoms with van der Waals surface area (Å²) in [4.78, 5) is 13.4. The molecule has 0 amide bonds. The van der Waals surface area contributed by atoms with Gasteiger partial charge in [-0.05, 0) is 37.2 Å². The van der Waals surface area contributed by atoms with Gasteiger partial charge in [0.15, 0.2) is 0 Å². The van der Waals surface area contributed by atoms with E-state index in [9.17, 15) is 9.90 Å². The van der Waals surface area contributed by atoms with Crippen LogP contribution in [0, 0.1) is 12.3 Å². The van der Waals surface area contributed by atoms with Gasteiger partial charge in [0.25, 0.3) is 0 Å². The molecule has 0 aromatic carbocycles. The quantitative estimate of drug-likeness (QED) is 0.795. The molecule has 1 aromatic heterocycles. The molecule has 1 N–H and O–H groups in total. The molecule has 0 saturated carbocycles. The van der Waals surface area contributed by atoms with Crippen LogP contribution in [0.2, 0.25) is 0 Å². The molecule has 3 heteroatoms. The molecule has 0 radical (unpaired) electrons. The van der Waals surface area contributed by atoms with Crippen LogP contribution in [0.25, 0.3) is 0 Å². The van der Waals surface area contributed by atoms with Gasteiger partial charge in [-0.2, -0.15) is 0 Å². The third-order valence-corrected chi connectivity index (χ3v) is 4.37. The van der Waals surface area contributed by atoms with Gasteiger partial charge in [-0.25, -0.2) is 4.79 Å². The Morgan fingerprint density at radius 2 is 2.13 bits per heavy atom. The van der Waals surface area contributed by atoms with Crippen molar-refractivity contribution >= 4 is 17.3 Å². The van der Waals surface area contributed by atoms with Gasteiger partial charge in [-0.15, -0.1) is 11.3 Å². The van der Waals surface area contributed by atoms with Crippen molar-refractivity contribution in [3.63, 3.8) is 0 Å². The lowest BCUT2D eigenvalue weighted by molar-refractivity contribution is 0.0694. The van der Waals surface area contributed by atoms with Crippen molar-refractivity contribution in [2.24, 2.45) is 5.41 Å². The SMILES string of the molecule is Cc1sc2c(c1C(=O)O)CC(C)(C)CC2. The van der Waals surface area contributed by atoms with Gasteiger partial charge in [0.05, 0.1) is 5.56 Å². The molecule has 0 aliphatic heterocycles. The third kappa shape index (κ3) is 1.81. The molecule has 1 heterocycles. The molecule has 1 aliphatic rings. The minimum absolute atomic E-state index is 0.255. The molecule has 2 rings (SSSR count). The van der Waals surface area contributed by atoms with Crippen molar-refractivity contribution in [3.05, 3.63) is 20.9 Å². The molecule has 0 fully saturated rings. The van der Waals surface area contributed by atoms with Crippen molar-refractivity contribution in [2.75, 3.05) is 0 Å². The van der Waals surface area contributed by atoms with Crippen LogP contribution in [0.4, 0.5) is 0 Å². The zero-order valence-corrected chi connectivity index (χ0v) is 10.2. The van der Waals surface area contributed by atoms with Crippen LogP contribution in [0.3, 0.4) is 0 Å². The van der Waals surface area contributed by atoms with Crippen LogP contribution in [0.15, 0.2) is 0 Å². The minimum atomic E-state index is -0.761. The Morgan fingerprint density at radius 3 is 2.73 bits per heavy atom. The highest BCUT2D eigenvalue weighted by Crippen LogP contribution is 2.41. The van der Waals surface area contributed by atoms with Gasteiger partial charge < -0.3 is 5.11 Å². The Morgan fingerprint density at radius 1 is 1.47 bits per heavy atom. The van der Waals surface area contributed by atoms with Crippen LogP contribution in [-0.4, -0.2) is 11.1 Å². The van der Waals surface area contributed by atoms with Gasteiger partial charge in [0.2, 0.25) is 0 Å². The number of carboxylic acid groups (broad SMARTS) is 1. The summed E-state index contributed by atoms with van der Waals surface area (Å²) >= 11 is 1.67. The summed E-state index contributed by atoms with van der Waals surface area (Å²) < 4.78 is 0. The van der Waals surface area contributed by atoms with E-state index in [1.807, 2.05) is 6.92 Å². The van der Waals surface area contributed by atoms with Gasteiger partial charge >= 0.3 is 5.97 Å². The summed E-state index contributed by atoms with van der Waals surface area (Å²) in [5.41, 5.74) is 1.93. The van der Waals surface area contributed by atoms with E-state index in [-0.39, 0.29) is 5.41 Å². The van der Waals surface area contributed by atoms with Crippen LogP contribution in [-0.2, 0) is 12.8 Å². The largest absolute Gasteiger partial charge is 0.478 e. The molecule has 0 saturated heterocycles. The van der Waals surface area contributed by atoms with E-state index in [2.05, 4.69) is 13.8 Å². The molecule has 0 atom stereocenters. The first-order valence-corrected chi connectivity index (χ1v) is 6.07. The highest BCUT2D eigenvalue weighted by Gasteiger charge is 2.31. The van der Waals surface area contributed by atoms with Gasteiger partial charge in [-0.3, -0.25) is 0 Å². The van der Waals surface area contributed by atoms with Crippen molar-refractivity contribution in [1.29, 1.82) is 0 Å². The fourth-order valence-electron chi connectivity index (χ4n) is 2.34. The number of aryl methyl sites for hydroxylation is 2. The first-order chi connectivity index (χ1) is 6.91. The molecule has 0 unspecified atom stereocenters. The zero-order valence-electron chi connectivity index (χ0n) is 9.39. The number of rotatable bonds is 1. The number of hydrogen-bond donors (Lipinski definition) is 1. The van der Waals surface area contributed by atoms with E-state index in [0.717, 1.165) is 23.3 Å². The first kappa shape index (κ1) is 10.7. The van der Waals surface area contributed by atoms with Gasteiger partial charge in [0.1, 0.15) is 0 Å². The van der Waals surface area contributed by atoms with E-state index in [1.165, 1.54) is 11.3 Å². The van der Waals surface area contributed by atoms with Gasteiger partial charge in [-0.1, -0.05) is 13.8 Å². The number of carboxylic acids is 1. The van der Waals surface area contributed by atoms with Crippen molar-refractivity contribution < 1.29 is 9.90 Å². The Bertz CT molecular complexity index is 416. The summed E-state index contributed by atoms with van der Waals surface area (Å²) in [6, 6.07) is 0. The highest BCUT2D eigenvalue weighted by molar-refractivity contribution is 7.12. The molecular weight excluding hydrogens is 208 g/mol. The van der Waals surface area contributed by atoms with Crippen LogP contribution in [0.5, 0.6) is 0 Å². The topological polar surface area (TPSA) is 37.3 Å². The molecule has 1 aromatic rings. The number of carbonyl (C=O) groups is 1. The van der Waals surface area contributed by atoms with Crippen molar-refractivity contribution in [2.45, 2.75) is 40.0 Å². The van der Waals surface area contributed by atoms with Crippen molar-refractivity contribution in [1.82, 2.24) is 0 Å². The second kappa shape index (κ2) is 3.34. The maximum atomic E-state index is 11.2. The lowest BCUT2D eigenvalue weighted by atomic mass is 9.76. The molecule has 82 valence electrons. The summed E-state index contributed by atoms with van der Waals surface area (Å²) in [6.45, 7) is 6.35. The van der Waals surface area contributed by atoms with E-state index >= 15 is 0 Å². The zero-order chi connectivity index (χ0) is 11.2. The maximum absolute atomic E-state index is 11.2. The average molecular weight is 224 g/mol. The number of fused-ring (bicyclic) bond motifs is 1. The van der Waals surface area contributed by atoms with E-state index < -0.39 is 5.97 Å². The lowest BCUT2D eigenvalue weighted by Gasteiger charge is -2.29. The molecule has 15 heavy (non-hydrogen) atoms. The third-order valence-electron chi connectivity index (χ3n) is 3.16. The molecule has 2 nitrogen and oxygen atoms in total. The van der Waals surface area contributed by atoms with Gasteiger partial charge in [0, 0.05) is 9.75 Å². The number of thiophene rings is 1. The van der Waals surface area contributed by atoms with Crippen molar-refractivity contribution in [3.8, 4) is 0 Å². The normalized spacial score (nSPS) is 18.6. The monoisotopic (exact) mass is 224 g/mol. The van der Waals surface area contributed by atoms with Crippen LogP contribution in [0.1, 0.15) is 45.9 Å². The van der Waals surface area contributed by atoms with E-state index in [4.69, 9.17) is 0 Å². The van der Waals surface area contributed by atoms with Crippen LogP contribution >= 0.6 is 11.3 Å². The number of hydrogen-bond acceptors (Lipinski definition) is 2. The van der Waals surface area contributed by atoms with E-state index in [0.29, 0.717) is 5.56 Å². The summed E-state index contributed by atoms with van der Waals surface area (Å²) in [5, 5.41) is 9.19. The first-order valence-electron chi connectivity index (χ1n) is 5.25. The Labute approximate surface area is 93.9 Å². The lowest BCUT2D eigenvalue weighted by Crippen LogP contribution is -2.22. The molecule has 0 bridgehead atoms. The predicted molar refractivity (Wildman–Crippen MR) is 61.8 cm³/mol. The fourth-order valence-corrected chi connectivity index (χ4v) is 3.52. The molecule has 0 spiro atoms. The second-order valence-electron chi connectivity index (χ2n) is 5.08. The Hall–Kier alpha value is -0.830. The smallest absolute Gasteiger partial charge is 0.337 e. The Kier molecular flexibility index (Phi) is 2.38. The second-order valence-corrected chi connectivity index (χ2v) is 6.39. The fraction of sp³-hybridized carbons (Fsp3) is 0.583. The minimum Gasteiger partial charge on any atom is -0.478 e. The Balaban J connectivity index is 2.51. The standard InChI is InChI=1S/C12H16O2S/c1-7-10(11(13)14)8-6-12(2,3)5-4-9(8)15-7/h4-6H2,1-3H3,(H,13,14). The highest BCUT2D eigenvalue weighted by atomic mass is 32.1. The summed E-state index contributed by atoms with van der Waals surface area (Å²) in [7, 11) is 0. The molecular formula is C12H16O2S. The summed E-state index contributed by atoms with van der Waals surface area (Å²) in [5.74, 6) is -0.761. The van der Waals surface area contributed by atoms with E-state index in [1.54, 1.807) is 11.3 Å². The summed E-state index contributed by atoms with van der Waals surface area (Å²) in [6.07, 6.45) is 3.12. The maximum Gasteiger partial charge on any atom is 0.337 e. The molecule has 1 aliphatic carbocycles.